The van der Waals surface area contributed by atoms with Crippen LogP contribution in [0.3, 0.4) is 0 Å². The van der Waals surface area contributed by atoms with Crippen LogP contribution in [0, 0.1) is 13.8 Å². The van der Waals surface area contributed by atoms with E-state index in [0.717, 1.165) is 51.4 Å². The number of piperazine rings is 1. The number of rotatable bonds is 6. The van der Waals surface area contributed by atoms with Gasteiger partial charge in [0.1, 0.15) is 6.34 Å². The van der Waals surface area contributed by atoms with Crippen LogP contribution in [0.5, 0.6) is 0 Å². The molecule has 1 unspecified atom stereocenters. The maximum Gasteiger partial charge on any atom is 0.100 e. The number of halogens is 2. The van der Waals surface area contributed by atoms with Crippen LogP contribution in [0.25, 0.3) is 0 Å². The summed E-state index contributed by atoms with van der Waals surface area (Å²) in [6, 6.07) is 12.1. The third kappa shape index (κ3) is 4.75. The van der Waals surface area contributed by atoms with Crippen molar-refractivity contribution in [1.82, 2.24) is 15.3 Å². The second-order valence-electron chi connectivity index (χ2n) is 8.05. The zero-order valence-electron chi connectivity index (χ0n) is 17.6. The molecule has 160 valence electrons. The molecule has 4 rings (SSSR count). The Morgan fingerprint density at radius 1 is 0.967 bits per heavy atom. The highest BCUT2D eigenvalue weighted by molar-refractivity contribution is 6.36. The zero-order chi connectivity index (χ0) is 21.1. The Kier molecular flexibility index (Phi) is 6.84. The van der Waals surface area contributed by atoms with Gasteiger partial charge in [-0.2, -0.15) is 0 Å². The molecule has 0 bridgehead atoms. The van der Waals surface area contributed by atoms with E-state index in [1.165, 1.54) is 16.8 Å². The number of aryl methyl sites for hydroxylation is 2. The number of hydrazine groups is 1. The van der Waals surface area contributed by atoms with Gasteiger partial charge in [-0.25, -0.2) is 5.43 Å². The molecule has 2 aromatic rings. The Labute approximate surface area is 189 Å². The number of para-hydroxylation sites is 1. The van der Waals surface area contributed by atoms with Gasteiger partial charge in [0.15, 0.2) is 0 Å². The lowest BCUT2D eigenvalue weighted by Crippen LogP contribution is -2.49. The molecule has 1 atom stereocenters. The van der Waals surface area contributed by atoms with Gasteiger partial charge in [-0.15, -0.1) is 0 Å². The molecule has 1 fully saturated rings. The molecular weight excluding hydrogens is 417 g/mol. The summed E-state index contributed by atoms with van der Waals surface area (Å²) in [5.74, 6) is 0. The summed E-state index contributed by atoms with van der Waals surface area (Å²) < 4.78 is 0. The van der Waals surface area contributed by atoms with Gasteiger partial charge in [-0.1, -0.05) is 47.5 Å². The van der Waals surface area contributed by atoms with Crippen LogP contribution in [0.4, 0.5) is 5.69 Å². The second kappa shape index (κ2) is 9.56. The topological polar surface area (TPSA) is 34.1 Å². The molecule has 1 saturated heterocycles. The van der Waals surface area contributed by atoms with E-state index in [4.69, 9.17) is 23.2 Å². The summed E-state index contributed by atoms with van der Waals surface area (Å²) in [6.45, 7) is 11.4. The van der Waals surface area contributed by atoms with E-state index in [-0.39, 0.29) is 6.04 Å². The van der Waals surface area contributed by atoms with Gasteiger partial charge in [0, 0.05) is 60.6 Å². The second-order valence-corrected chi connectivity index (χ2v) is 8.86. The first-order valence-corrected chi connectivity index (χ1v) is 11.3. The van der Waals surface area contributed by atoms with Crippen molar-refractivity contribution in [1.29, 1.82) is 0 Å². The standard InChI is InChI=1S/C23H29Cl2N5/c1-17-5-3-6-18(2)23(17)29-13-11-28(12-14-29)10-9-27-30-15-21(26-16-30)22-19(24)7-4-8-20(22)25/h3-8,16,21,27H,9-15H2,1-2H3. The summed E-state index contributed by atoms with van der Waals surface area (Å²) in [7, 11) is 0. The minimum absolute atomic E-state index is 0.0282. The molecule has 0 aromatic heterocycles. The van der Waals surface area contributed by atoms with Crippen molar-refractivity contribution in [2.45, 2.75) is 19.9 Å². The van der Waals surface area contributed by atoms with E-state index in [9.17, 15) is 0 Å². The number of hydrogen-bond acceptors (Lipinski definition) is 5. The van der Waals surface area contributed by atoms with Crippen LogP contribution in [0.15, 0.2) is 41.4 Å². The molecular formula is C23H29Cl2N5. The minimum Gasteiger partial charge on any atom is -0.369 e. The van der Waals surface area contributed by atoms with Gasteiger partial charge >= 0.3 is 0 Å². The lowest BCUT2D eigenvalue weighted by Gasteiger charge is -2.37. The van der Waals surface area contributed by atoms with Crippen molar-refractivity contribution < 1.29 is 0 Å². The largest absolute Gasteiger partial charge is 0.369 e. The van der Waals surface area contributed by atoms with Gasteiger partial charge < -0.3 is 4.90 Å². The van der Waals surface area contributed by atoms with Crippen molar-refractivity contribution >= 4 is 35.2 Å². The first kappa shape index (κ1) is 21.4. The molecule has 30 heavy (non-hydrogen) atoms. The molecule has 7 heteroatoms. The van der Waals surface area contributed by atoms with Crippen molar-refractivity contribution in [3.63, 3.8) is 0 Å². The molecule has 0 spiro atoms. The number of anilines is 1. The van der Waals surface area contributed by atoms with E-state index in [1.807, 2.05) is 29.5 Å². The monoisotopic (exact) mass is 445 g/mol. The van der Waals surface area contributed by atoms with Gasteiger partial charge in [0.2, 0.25) is 0 Å². The fourth-order valence-corrected chi connectivity index (χ4v) is 5.04. The van der Waals surface area contributed by atoms with Crippen LogP contribution >= 0.6 is 23.2 Å². The third-order valence-corrected chi connectivity index (χ3v) is 6.62. The lowest BCUT2D eigenvalue weighted by atomic mass is 10.1. The highest BCUT2D eigenvalue weighted by atomic mass is 35.5. The lowest BCUT2D eigenvalue weighted by molar-refractivity contribution is 0.231. The predicted octanol–water partition coefficient (Wildman–Crippen LogP) is 4.32. The molecule has 2 aliphatic heterocycles. The highest BCUT2D eigenvalue weighted by Gasteiger charge is 2.24. The Morgan fingerprint density at radius 2 is 1.60 bits per heavy atom. The van der Waals surface area contributed by atoms with Crippen molar-refractivity contribution in [2.24, 2.45) is 4.99 Å². The maximum atomic E-state index is 6.33. The molecule has 1 N–H and O–H groups in total. The summed E-state index contributed by atoms with van der Waals surface area (Å²) in [6.07, 6.45) is 1.85. The van der Waals surface area contributed by atoms with E-state index in [0.29, 0.717) is 10.0 Å². The van der Waals surface area contributed by atoms with Crippen LogP contribution in [0.2, 0.25) is 10.0 Å². The maximum absolute atomic E-state index is 6.33. The summed E-state index contributed by atoms with van der Waals surface area (Å²) >= 11 is 12.7. The van der Waals surface area contributed by atoms with Crippen molar-refractivity contribution in [2.75, 3.05) is 50.7 Å². The third-order valence-electron chi connectivity index (χ3n) is 5.96. The number of benzene rings is 2. The fraction of sp³-hybridized carbons (Fsp3) is 0.435. The van der Waals surface area contributed by atoms with Gasteiger partial charge in [0.05, 0.1) is 12.6 Å². The zero-order valence-corrected chi connectivity index (χ0v) is 19.1. The average molecular weight is 446 g/mol. The smallest absolute Gasteiger partial charge is 0.100 e. The van der Waals surface area contributed by atoms with Crippen LogP contribution in [-0.4, -0.2) is 62.1 Å². The van der Waals surface area contributed by atoms with E-state index < -0.39 is 0 Å². The Balaban J connectivity index is 1.22. The van der Waals surface area contributed by atoms with E-state index in [1.54, 1.807) is 0 Å². The molecule has 0 amide bonds. The van der Waals surface area contributed by atoms with Gasteiger partial charge in [0.25, 0.3) is 0 Å². The predicted molar refractivity (Wildman–Crippen MR) is 127 cm³/mol. The Morgan fingerprint density at radius 3 is 2.27 bits per heavy atom. The highest BCUT2D eigenvalue weighted by Crippen LogP contribution is 2.34. The first-order chi connectivity index (χ1) is 14.5. The van der Waals surface area contributed by atoms with Crippen LogP contribution in [0.1, 0.15) is 22.7 Å². The molecule has 2 aliphatic rings. The number of nitrogens with one attached hydrogen (secondary N) is 1. The Hall–Kier alpha value is -1.79. The minimum atomic E-state index is -0.0282. The fourth-order valence-electron chi connectivity index (χ4n) is 4.39. The van der Waals surface area contributed by atoms with Crippen molar-refractivity contribution in [3.8, 4) is 0 Å². The molecule has 2 aromatic carbocycles. The normalized spacial score (nSPS) is 19.7. The number of aliphatic imine (C=N–C) groups is 1. The molecule has 0 aliphatic carbocycles. The number of hydrogen-bond donors (Lipinski definition) is 1. The van der Waals surface area contributed by atoms with E-state index >= 15 is 0 Å². The van der Waals surface area contributed by atoms with Crippen LogP contribution < -0.4 is 10.3 Å². The van der Waals surface area contributed by atoms with Gasteiger partial charge in [-0.05, 0) is 37.1 Å². The summed E-state index contributed by atoms with van der Waals surface area (Å²) in [5, 5.41) is 3.39. The first-order valence-electron chi connectivity index (χ1n) is 10.5. The summed E-state index contributed by atoms with van der Waals surface area (Å²) in [4.78, 5) is 9.63. The number of nitrogens with zero attached hydrogens (tertiary/aromatic N) is 4. The quantitative estimate of drug-likeness (QED) is 0.717. The Bertz CT molecular complexity index is 868. The molecule has 5 nitrogen and oxygen atoms in total. The van der Waals surface area contributed by atoms with Crippen molar-refractivity contribution in [3.05, 3.63) is 63.1 Å². The molecule has 0 radical (unpaired) electrons. The SMILES string of the molecule is Cc1cccc(C)c1N1CCN(CCNN2C=NC(c3c(Cl)cccc3Cl)C2)CC1. The summed E-state index contributed by atoms with van der Waals surface area (Å²) in [5.41, 5.74) is 8.52. The van der Waals surface area contributed by atoms with Crippen LogP contribution in [-0.2, 0) is 0 Å². The molecule has 2 heterocycles. The average Bonchev–Trinajstić information content (AvgIpc) is 3.17. The molecule has 0 saturated carbocycles. The van der Waals surface area contributed by atoms with Gasteiger partial charge in [-0.3, -0.25) is 14.9 Å². The van der Waals surface area contributed by atoms with E-state index in [2.05, 4.69) is 52.3 Å².